The molecule has 0 atom stereocenters. The monoisotopic (exact) mass is 430 g/mol. The largest absolute Gasteiger partial charge is 0.478 e. The molecule has 0 bridgehead atoms. The molecule has 30 heavy (non-hydrogen) atoms. The quantitative estimate of drug-likeness (QED) is 0.667. The summed E-state index contributed by atoms with van der Waals surface area (Å²) in [4.78, 5) is 14.2. The second-order valence-electron chi connectivity index (χ2n) is 8.12. The highest BCUT2D eigenvalue weighted by atomic mass is 32.2. The summed E-state index contributed by atoms with van der Waals surface area (Å²) in [5, 5.41) is 9.74. The lowest BCUT2D eigenvalue weighted by Crippen LogP contribution is -2.28. The first-order valence-electron chi connectivity index (χ1n) is 10.5. The fraction of sp³-hybridized carbons (Fsp3) is 0.435. The number of hydrogen-bond donors (Lipinski definition) is 2. The first-order chi connectivity index (χ1) is 14.3. The van der Waals surface area contributed by atoms with Gasteiger partial charge in [-0.15, -0.1) is 0 Å². The Morgan fingerprint density at radius 1 is 0.967 bits per heavy atom. The van der Waals surface area contributed by atoms with Crippen LogP contribution in [0.25, 0.3) is 0 Å². The Balaban J connectivity index is 1.85. The van der Waals surface area contributed by atoms with Crippen LogP contribution < -0.4 is 9.62 Å². The first kappa shape index (κ1) is 22.2. The SMILES string of the molecule is CC(C)c1ccc(S(=O)(=O)Nc2ccc(N3CCCCCCC3)c(C(=O)O)c2)cc1. The Hall–Kier alpha value is -2.54. The number of benzene rings is 2. The summed E-state index contributed by atoms with van der Waals surface area (Å²) in [6, 6.07) is 11.5. The van der Waals surface area contributed by atoms with Crippen molar-refractivity contribution >= 4 is 27.4 Å². The Kier molecular flexibility index (Phi) is 7.02. The summed E-state index contributed by atoms with van der Waals surface area (Å²) < 4.78 is 28.1. The molecule has 1 saturated heterocycles. The molecular formula is C23H30N2O4S. The molecule has 0 saturated carbocycles. The van der Waals surface area contributed by atoms with Crippen LogP contribution in [0.3, 0.4) is 0 Å². The van der Waals surface area contributed by atoms with Crippen molar-refractivity contribution in [2.45, 2.75) is 56.8 Å². The molecule has 2 aromatic rings. The van der Waals surface area contributed by atoms with E-state index in [2.05, 4.69) is 9.62 Å². The highest BCUT2D eigenvalue weighted by molar-refractivity contribution is 7.92. The van der Waals surface area contributed by atoms with E-state index in [0.717, 1.165) is 44.3 Å². The lowest BCUT2D eigenvalue weighted by molar-refractivity contribution is 0.0697. The molecule has 1 aliphatic rings. The van der Waals surface area contributed by atoms with Crippen molar-refractivity contribution < 1.29 is 18.3 Å². The molecule has 0 amide bonds. The third-order valence-corrected chi connectivity index (χ3v) is 6.93. The average Bonchev–Trinajstić information content (AvgIpc) is 2.68. The summed E-state index contributed by atoms with van der Waals surface area (Å²) in [6.45, 7) is 5.71. The number of nitrogens with one attached hydrogen (secondary N) is 1. The van der Waals surface area contributed by atoms with E-state index in [1.807, 2.05) is 13.8 Å². The second-order valence-corrected chi connectivity index (χ2v) is 9.80. The van der Waals surface area contributed by atoms with Crippen LogP contribution >= 0.6 is 0 Å². The number of carboxylic acids is 1. The average molecular weight is 431 g/mol. The van der Waals surface area contributed by atoms with Gasteiger partial charge in [0.1, 0.15) is 0 Å². The molecule has 2 N–H and O–H groups in total. The number of hydrogen-bond acceptors (Lipinski definition) is 4. The van der Waals surface area contributed by atoms with Crippen LogP contribution in [-0.4, -0.2) is 32.6 Å². The summed E-state index contributed by atoms with van der Waals surface area (Å²) in [6.07, 6.45) is 5.57. The molecule has 6 nitrogen and oxygen atoms in total. The van der Waals surface area contributed by atoms with Gasteiger partial charge in [0.15, 0.2) is 0 Å². The van der Waals surface area contributed by atoms with Crippen LogP contribution in [0, 0.1) is 0 Å². The molecule has 0 unspecified atom stereocenters. The molecule has 7 heteroatoms. The van der Waals surface area contributed by atoms with Crippen LogP contribution in [-0.2, 0) is 10.0 Å². The van der Waals surface area contributed by atoms with Gasteiger partial charge in [0.2, 0.25) is 0 Å². The van der Waals surface area contributed by atoms with Gasteiger partial charge in [-0.05, 0) is 54.7 Å². The fourth-order valence-corrected chi connectivity index (χ4v) is 4.83. The number of anilines is 2. The van der Waals surface area contributed by atoms with Gasteiger partial charge in [-0.2, -0.15) is 0 Å². The molecule has 2 aromatic carbocycles. The highest BCUT2D eigenvalue weighted by Gasteiger charge is 2.20. The first-order valence-corrected chi connectivity index (χ1v) is 12.0. The molecule has 1 fully saturated rings. The maximum atomic E-state index is 12.8. The number of aromatic carboxylic acids is 1. The van der Waals surface area contributed by atoms with E-state index in [4.69, 9.17) is 0 Å². The number of carbonyl (C=O) groups is 1. The van der Waals surface area contributed by atoms with E-state index in [1.165, 1.54) is 12.5 Å². The Morgan fingerprint density at radius 3 is 2.13 bits per heavy atom. The molecule has 0 aliphatic carbocycles. The van der Waals surface area contributed by atoms with Gasteiger partial charge < -0.3 is 10.0 Å². The minimum Gasteiger partial charge on any atom is -0.478 e. The normalized spacial score (nSPS) is 15.5. The fourth-order valence-electron chi connectivity index (χ4n) is 3.78. The Bertz CT molecular complexity index is 977. The van der Waals surface area contributed by atoms with Crippen molar-refractivity contribution in [1.29, 1.82) is 0 Å². The zero-order chi connectivity index (χ0) is 21.7. The van der Waals surface area contributed by atoms with Crippen molar-refractivity contribution in [3.05, 3.63) is 53.6 Å². The van der Waals surface area contributed by atoms with Crippen LogP contribution in [0.1, 0.15) is 67.8 Å². The third-order valence-electron chi connectivity index (χ3n) is 5.53. The van der Waals surface area contributed by atoms with Crippen molar-refractivity contribution in [2.75, 3.05) is 22.7 Å². The lowest BCUT2D eigenvalue weighted by atomic mass is 10.0. The van der Waals surface area contributed by atoms with E-state index in [1.54, 1.807) is 36.4 Å². The number of nitrogens with zero attached hydrogens (tertiary/aromatic N) is 1. The minimum absolute atomic E-state index is 0.117. The minimum atomic E-state index is -3.80. The van der Waals surface area contributed by atoms with Crippen molar-refractivity contribution in [3.63, 3.8) is 0 Å². The van der Waals surface area contributed by atoms with E-state index < -0.39 is 16.0 Å². The summed E-state index contributed by atoms with van der Waals surface area (Å²) in [7, 11) is -3.80. The van der Waals surface area contributed by atoms with Crippen LogP contribution in [0.2, 0.25) is 0 Å². The highest BCUT2D eigenvalue weighted by Crippen LogP contribution is 2.28. The maximum absolute atomic E-state index is 12.8. The maximum Gasteiger partial charge on any atom is 0.337 e. The van der Waals surface area contributed by atoms with Gasteiger partial charge in [-0.1, -0.05) is 45.2 Å². The van der Waals surface area contributed by atoms with Crippen LogP contribution in [0.15, 0.2) is 47.4 Å². The number of carboxylic acid groups (broad SMARTS) is 1. The molecule has 0 aromatic heterocycles. The molecule has 0 spiro atoms. The van der Waals surface area contributed by atoms with Crippen molar-refractivity contribution in [2.24, 2.45) is 0 Å². The summed E-state index contributed by atoms with van der Waals surface area (Å²) >= 11 is 0. The number of sulfonamides is 1. The second kappa shape index (κ2) is 9.51. The Labute approximate surface area is 179 Å². The molecular weight excluding hydrogens is 400 g/mol. The van der Waals surface area contributed by atoms with Gasteiger partial charge >= 0.3 is 5.97 Å². The van der Waals surface area contributed by atoms with Crippen LogP contribution in [0.4, 0.5) is 11.4 Å². The Morgan fingerprint density at radius 2 is 1.57 bits per heavy atom. The molecule has 3 rings (SSSR count). The topological polar surface area (TPSA) is 86.7 Å². The van der Waals surface area contributed by atoms with E-state index >= 15 is 0 Å². The van der Waals surface area contributed by atoms with E-state index in [-0.39, 0.29) is 16.1 Å². The molecule has 1 heterocycles. The smallest absolute Gasteiger partial charge is 0.337 e. The van der Waals surface area contributed by atoms with E-state index in [0.29, 0.717) is 11.6 Å². The zero-order valence-electron chi connectivity index (χ0n) is 17.6. The predicted octanol–water partition coefficient (Wildman–Crippen LogP) is 5.08. The summed E-state index contributed by atoms with van der Waals surface area (Å²) in [5.41, 5.74) is 2.07. The lowest BCUT2D eigenvalue weighted by Gasteiger charge is -2.28. The van der Waals surface area contributed by atoms with Gasteiger partial charge in [0.05, 0.1) is 16.1 Å². The van der Waals surface area contributed by atoms with E-state index in [9.17, 15) is 18.3 Å². The van der Waals surface area contributed by atoms with Crippen molar-refractivity contribution in [1.82, 2.24) is 0 Å². The van der Waals surface area contributed by atoms with Crippen LogP contribution in [0.5, 0.6) is 0 Å². The van der Waals surface area contributed by atoms with Gasteiger partial charge in [0.25, 0.3) is 10.0 Å². The standard InChI is InChI=1S/C23H30N2O4S/c1-17(2)18-8-11-20(12-9-18)30(28,29)24-19-10-13-22(21(16-19)23(26)27)25-14-6-4-3-5-7-15-25/h8-13,16-17,24H,3-7,14-15H2,1-2H3,(H,26,27). The summed E-state index contributed by atoms with van der Waals surface area (Å²) in [5.74, 6) is -0.752. The predicted molar refractivity (Wildman–Crippen MR) is 120 cm³/mol. The number of rotatable bonds is 6. The van der Waals surface area contributed by atoms with Gasteiger partial charge in [-0.3, -0.25) is 4.72 Å². The molecule has 162 valence electrons. The van der Waals surface area contributed by atoms with Gasteiger partial charge in [-0.25, -0.2) is 13.2 Å². The molecule has 0 radical (unpaired) electrons. The molecule has 1 aliphatic heterocycles. The zero-order valence-corrected chi connectivity index (χ0v) is 18.4. The third kappa shape index (κ3) is 5.33. The van der Waals surface area contributed by atoms with Gasteiger partial charge in [0, 0.05) is 18.8 Å². The van der Waals surface area contributed by atoms with Crippen molar-refractivity contribution in [3.8, 4) is 0 Å².